The van der Waals surface area contributed by atoms with Gasteiger partial charge in [0, 0.05) is 34.8 Å². The van der Waals surface area contributed by atoms with Crippen LogP contribution >= 0.6 is 11.6 Å². The second kappa shape index (κ2) is 9.21. The molecule has 4 nitrogen and oxygen atoms in total. The van der Waals surface area contributed by atoms with Gasteiger partial charge in [-0.25, -0.2) is 0 Å². The Morgan fingerprint density at radius 1 is 1.03 bits per heavy atom. The molecule has 1 fully saturated rings. The molecule has 0 spiro atoms. The van der Waals surface area contributed by atoms with Gasteiger partial charge in [-0.15, -0.1) is 0 Å². The summed E-state index contributed by atoms with van der Waals surface area (Å²) in [5, 5.41) is 0.656. The molecular weight excluding hydrogens is 384 g/mol. The molecule has 1 aliphatic heterocycles. The summed E-state index contributed by atoms with van der Waals surface area (Å²) in [6.45, 7) is 2.59. The fraction of sp³-hybridized carbons (Fsp3) is 0.250. The van der Waals surface area contributed by atoms with E-state index in [4.69, 9.17) is 16.3 Å². The molecule has 3 aromatic rings. The van der Waals surface area contributed by atoms with Crippen LogP contribution in [-0.2, 0) is 6.54 Å². The molecule has 0 radical (unpaired) electrons. The highest BCUT2D eigenvalue weighted by molar-refractivity contribution is 6.30. The first-order chi connectivity index (χ1) is 14.2. The lowest BCUT2D eigenvalue weighted by molar-refractivity contribution is 0.0834. The van der Waals surface area contributed by atoms with Crippen LogP contribution in [0.25, 0.3) is 0 Å². The molecule has 2 aromatic carbocycles. The lowest BCUT2D eigenvalue weighted by atomic mass is 9.89. The summed E-state index contributed by atoms with van der Waals surface area (Å²) < 4.78 is 6.02. The summed E-state index contributed by atoms with van der Waals surface area (Å²) >= 11 is 5.93. The topological polar surface area (TPSA) is 42.4 Å². The van der Waals surface area contributed by atoms with Gasteiger partial charge in [-0.3, -0.25) is 14.7 Å². The highest BCUT2D eigenvalue weighted by Gasteiger charge is 2.26. The van der Waals surface area contributed by atoms with E-state index in [-0.39, 0.29) is 11.7 Å². The van der Waals surface area contributed by atoms with Crippen LogP contribution in [0.3, 0.4) is 0 Å². The molecule has 0 unspecified atom stereocenters. The quantitative estimate of drug-likeness (QED) is 0.498. The van der Waals surface area contributed by atoms with Gasteiger partial charge < -0.3 is 4.74 Å². The minimum atomic E-state index is 0.0781. The molecule has 1 saturated heterocycles. The Balaban J connectivity index is 1.36. The molecule has 0 aliphatic carbocycles. The number of hydrogen-bond acceptors (Lipinski definition) is 4. The van der Waals surface area contributed by atoms with Crippen molar-refractivity contribution in [1.29, 1.82) is 0 Å². The smallest absolute Gasteiger partial charge is 0.166 e. The van der Waals surface area contributed by atoms with Gasteiger partial charge in [0.1, 0.15) is 11.5 Å². The number of piperidine rings is 1. The van der Waals surface area contributed by atoms with Crippen LogP contribution in [-0.4, -0.2) is 28.8 Å². The van der Waals surface area contributed by atoms with E-state index in [2.05, 4.69) is 16.0 Å². The van der Waals surface area contributed by atoms with E-state index >= 15 is 0 Å². The summed E-state index contributed by atoms with van der Waals surface area (Å²) in [4.78, 5) is 19.2. The molecule has 2 heterocycles. The van der Waals surface area contributed by atoms with Crippen molar-refractivity contribution >= 4 is 17.4 Å². The number of carbonyl (C=O) groups excluding carboxylic acids is 1. The summed E-state index contributed by atoms with van der Waals surface area (Å²) in [6.07, 6.45) is 5.18. The molecule has 1 aromatic heterocycles. The number of pyridine rings is 1. The number of likely N-dealkylation sites (tertiary alicyclic amines) is 1. The number of aromatic nitrogens is 1. The van der Waals surface area contributed by atoms with Crippen molar-refractivity contribution in [1.82, 2.24) is 9.88 Å². The van der Waals surface area contributed by atoms with Gasteiger partial charge in [-0.05, 0) is 68.4 Å². The Kier molecular flexibility index (Phi) is 6.23. The van der Waals surface area contributed by atoms with E-state index in [0.29, 0.717) is 5.02 Å². The SMILES string of the molecule is O=C(c1ccc(Cl)cc1)C1CCN(Cc2ccccc2Oc2cccnc2)CC1. The second-order valence-electron chi connectivity index (χ2n) is 7.32. The third kappa shape index (κ3) is 5.03. The van der Waals surface area contributed by atoms with Gasteiger partial charge in [0.15, 0.2) is 5.78 Å². The number of rotatable bonds is 6. The van der Waals surface area contributed by atoms with E-state index in [1.54, 1.807) is 24.5 Å². The second-order valence-corrected chi connectivity index (χ2v) is 7.76. The zero-order chi connectivity index (χ0) is 20.1. The Morgan fingerprint density at radius 2 is 1.79 bits per heavy atom. The van der Waals surface area contributed by atoms with Crippen molar-refractivity contribution in [3.8, 4) is 11.5 Å². The zero-order valence-corrected chi connectivity index (χ0v) is 16.9. The average Bonchev–Trinajstić information content (AvgIpc) is 2.76. The number of ether oxygens (including phenoxy) is 1. The third-order valence-corrected chi connectivity index (χ3v) is 5.57. The molecule has 0 atom stereocenters. The summed E-state index contributed by atoms with van der Waals surface area (Å²) in [5.74, 6) is 1.88. The number of halogens is 1. The van der Waals surface area contributed by atoms with Crippen LogP contribution in [0, 0.1) is 5.92 Å². The normalized spacial score (nSPS) is 15.2. The van der Waals surface area contributed by atoms with Gasteiger partial charge >= 0.3 is 0 Å². The van der Waals surface area contributed by atoms with Crippen LogP contribution in [0.15, 0.2) is 73.1 Å². The van der Waals surface area contributed by atoms with Crippen molar-refractivity contribution in [2.45, 2.75) is 19.4 Å². The fourth-order valence-corrected chi connectivity index (χ4v) is 3.84. The van der Waals surface area contributed by atoms with Crippen LogP contribution in [0.2, 0.25) is 5.02 Å². The Hall–Kier alpha value is -2.69. The van der Waals surface area contributed by atoms with Crippen LogP contribution in [0.1, 0.15) is 28.8 Å². The molecule has 29 heavy (non-hydrogen) atoms. The molecule has 0 N–H and O–H groups in total. The highest BCUT2D eigenvalue weighted by Crippen LogP contribution is 2.28. The molecule has 0 saturated carbocycles. The van der Waals surface area contributed by atoms with Crippen molar-refractivity contribution < 1.29 is 9.53 Å². The largest absolute Gasteiger partial charge is 0.455 e. The van der Waals surface area contributed by atoms with Crippen LogP contribution in [0.5, 0.6) is 11.5 Å². The minimum absolute atomic E-state index is 0.0781. The summed E-state index contributed by atoms with van der Waals surface area (Å²) in [6, 6.07) is 19.1. The first kappa shape index (κ1) is 19.6. The molecule has 0 amide bonds. The molecule has 0 bridgehead atoms. The summed E-state index contributed by atoms with van der Waals surface area (Å²) in [5.41, 5.74) is 1.89. The zero-order valence-electron chi connectivity index (χ0n) is 16.1. The van der Waals surface area contributed by atoms with Crippen molar-refractivity contribution in [3.05, 3.63) is 89.2 Å². The third-order valence-electron chi connectivity index (χ3n) is 5.32. The van der Waals surface area contributed by atoms with Crippen LogP contribution < -0.4 is 4.74 Å². The predicted molar refractivity (Wildman–Crippen MR) is 115 cm³/mol. The molecule has 5 heteroatoms. The first-order valence-electron chi connectivity index (χ1n) is 9.87. The van der Waals surface area contributed by atoms with Gasteiger partial charge in [0.05, 0.1) is 6.20 Å². The van der Waals surface area contributed by atoms with Gasteiger partial charge in [-0.1, -0.05) is 29.8 Å². The maximum atomic E-state index is 12.7. The number of ketones is 1. The van der Waals surface area contributed by atoms with E-state index in [0.717, 1.165) is 55.1 Å². The highest BCUT2D eigenvalue weighted by atomic mass is 35.5. The van der Waals surface area contributed by atoms with Crippen LogP contribution in [0.4, 0.5) is 0 Å². The number of nitrogens with zero attached hydrogens (tertiary/aromatic N) is 2. The number of benzene rings is 2. The monoisotopic (exact) mass is 406 g/mol. The van der Waals surface area contributed by atoms with E-state index in [1.165, 1.54) is 0 Å². The van der Waals surface area contributed by atoms with Gasteiger partial charge in [-0.2, -0.15) is 0 Å². The number of hydrogen-bond donors (Lipinski definition) is 0. The fourth-order valence-electron chi connectivity index (χ4n) is 3.71. The number of Topliss-reactive ketones (excluding diaryl/α,β-unsaturated/α-hetero) is 1. The van der Waals surface area contributed by atoms with Gasteiger partial charge in [0.25, 0.3) is 0 Å². The maximum Gasteiger partial charge on any atom is 0.166 e. The average molecular weight is 407 g/mol. The summed E-state index contributed by atoms with van der Waals surface area (Å²) in [7, 11) is 0. The van der Waals surface area contributed by atoms with Crippen molar-refractivity contribution in [3.63, 3.8) is 0 Å². The molecule has 1 aliphatic rings. The van der Waals surface area contributed by atoms with E-state index < -0.39 is 0 Å². The maximum absolute atomic E-state index is 12.7. The molecule has 4 rings (SSSR count). The minimum Gasteiger partial charge on any atom is -0.455 e. The van der Waals surface area contributed by atoms with E-state index in [9.17, 15) is 4.79 Å². The molecule has 148 valence electrons. The predicted octanol–water partition coefficient (Wildman–Crippen LogP) is 5.62. The van der Waals surface area contributed by atoms with Crippen molar-refractivity contribution in [2.24, 2.45) is 5.92 Å². The first-order valence-corrected chi connectivity index (χ1v) is 10.2. The van der Waals surface area contributed by atoms with E-state index in [1.807, 2.05) is 42.5 Å². The number of carbonyl (C=O) groups is 1. The standard InChI is InChI=1S/C24H23ClN2O2/c25-21-9-7-18(8-10-21)24(28)19-11-14-27(15-12-19)17-20-4-1-2-6-23(20)29-22-5-3-13-26-16-22/h1-10,13,16,19H,11-12,14-15,17H2. The van der Waals surface area contributed by atoms with Crippen molar-refractivity contribution in [2.75, 3.05) is 13.1 Å². The lowest BCUT2D eigenvalue weighted by Gasteiger charge is -2.31. The Labute approximate surface area is 176 Å². The lowest BCUT2D eigenvalue weighted by Crippen LogP contribution is -2.36. The van der Waals surface area contributed by atoms with Gasteiger partial charge in [0.2, 0.25) is 0 Å². The Morgan fingerprint density at radius 3 is 2.52 bits per heavy atom. The molecular formula is C24H23ClN2O2. The number of para-hydroxylation sites is 1. The Bertz CT molecular complexity index is 952.